The Hall–Kier alpha value is -0.820. The summed E-state index contributed by atoms with van der Waals surface area (Å²) in [5.74, 6) is 1.72. The molecule has 2 atom stereocenters. The van der Waals surface area contributed by atoms with Gasteiger partial charge in [-0.3, -0.25) is 0 Å². The number of fused-ring (bicyclic) bond motifs is 3. The van der Waals surface area contributed by atoms with Crippen LogP contribution in [0.3, 0.4) is 0 Å². The van der Waals surface area contributed by atoms with Gasteiger partial charge in [-0.05, 0) is 48.8 Å². The van der Waals surface area contributed by atoms with Gasteiger partial charge in [0.1, 0.15) is 0 Å². The van der Waals surface area contributed by atoms with E-state index in [4.69, 9.17) is 0 Å². The first-order valence-electron chi connectivity index (χ1n) is 5.73. The Morgan fingerprint density at radius 2 is 2.14 bits per heavy atom. The zero-order valence-corrected chi connectivity index (χ0v) is 8.50. The Balaban J connectivity index is 1.96. The maximum atomic E-state index is 3.56. The second kappa shape index (κ2) is 3.39. The molecule has 1 heteroatoms. The Labute approximate surface area is 85.5 Å². The molecule has 1 fully saturated rings. The van der Waals surface area contributed by atoms with Gasteiger partial charge in [-0.25, -0.2) is 0 Å². The van der Waals surface area contributed by atoms with Crippen LogP contribution in [0.1, 0.15) is 29.9 Å². The Bertz CT molecular complexity index is 332. The van der Waals surface area contributed by atoms with Crippen molar-refractivity contribution in [2.24, 2.45) is 5.92 Å². The zero-order chi connectivity index (χ0) is 9.38. The highest BCUT2D eigenvalue weighted by Crippen LogP contribution is 2.40. The minimum Gasteiger partial charge on any atom is -0.316 e. The van der Waals surface area contributed by atoms with Crippen LogP contribution in [0.15, 0.2) is 24.3 Å². The van der Waals surface area contributed by atoms with Crippen molar-refractivity contribution in [3.8, 4) is 0 Å². The van der Waals surface area contributed by atoms with Gasteiger partial charge in [0.15, 0.2) is 0 Å². The molecular weight excluding hydrogens is 170 g/mol. The molecule has 1 aromatic carbocycles. The van der Waals surface area contributed by atoms with Crippen LogP contribution in [0.5, 0.6) is 0 Å². The lowest BCUT2D eigenvalue weighted by molar-refractivity contribution is 0.446. The van der Waals surface area contributed by atoms with Crippen molar-refractivity contribution >= 4 is 0 Å². The molecule has 74 valence electrons. The van der Waals surface area contributed by atoms with E-state index in [0.717, 1.165) is 11.8 Å². The van der Waals surface area contributed by atoms with Crippen LogP contribution in [0.2, 0.25) is 0 Å². The molecule has 1 nitrogen and oxygen atoms in total. The standard InChI is InChI=1S/C13H17N/c1-2-6-12-10(4-1)8-11-5-3-7-14-9-13(11)12/h1-2,4,6,11,13-14H,3,5,7-9H2. The molecule has 1 heterocycles. The number of hydrogen-bond acceptors (Lipinski definition) is 1. The second-order valence-corrected chi connectivity index (χ2v) is 4.62. The SMILES string of the molecule is c1ccc2c(c1)CC1CCCNCC21. The van der Waals surface area contributed by atoms with E-state index in [1.54, 1.807) is 11.1 Å². The van der Waals surface area contributed by atoms with Gasteiger partial charge < -0.3 is 5.32 Å². The maximum absolute atomic E-state index is 3.56. The third-order valence-corrected chi connectivity index (χ3v) is 3.80. The summed E-state index contributed by atoms with van der Waals surface area (Å²) >= 11 is 0. The van der Waals surface area contributed by atoms with E-state index < -0.39 is 0 Å². The molecule has 3 rings (SSSR count). The fraction of sp³-hybridized carbons (Fsp3) is 0.538. The largest absolute Gasteiger partial charge is 0.316 e. The molecule has 0 saturated carbocycles. The summed E-state index contributed by atoms with van der Waals surface area (Å²) in [7, 11) is 0. The van der Waals surface area contributed by atoms with Gasteiger partial charge in [0.2, 0.25) is 0 Å². The summed E-state index contributed by atoms with van der Waals surface area (Å²) < 4.78 is 0. The highest BCUT2D eigenvalue weighted by atomic mass is 14.9. The van der Waals surface area contributed by atoms with Crippen LogP contribution in [0.4, 0.5) is 0 Å². The second-order valence-electron chi connectivity index (χ2n) is 4.62. The topological polar surface area (TPSA) is 12.0 Å². The molecule has 0 spiro atoms. The molecule has 14 heavy (non-hydrogen) atoms. The van der Waals surface area contributed by atoms with Gasteiger partial charge in [-0.1, -0.05) is 24.3 Å². The van der Waals surface area contributed by atoms with Crippen LogP contribution in [-0.4, -0.2) is 13.1 Å². The highest BCUT2D eigenvalue weighted by molar-refractivity contribution is 5.36. The molecule has 1 aliphatic heterocycles. The summed E-state index contributed by atoms with van der Waals surface area (Å²) in [6.07, 6.45) is 4.09. The van der Waals surface area contributed by atoms with Crippen LogP contribution < -0.4 is 5.32 Å². The average molecular weight is 187 g/mol. The molecule has 2 aliphatic rings. The van der Waals surface area contributed by atoms with Gasteiger partial charge in [-0.2, -0.15) is 0 Å². The number of benzene rings is 1. The van der Waals surface area contributed by atoms with Crippen molar-refractivity contribution in [2.45, 2.75) is 25.2 Å². The Morgan fingerprint density at radius 1 is 1.21 bits per heavy atom. The quantitative estimate of drug-likeness (QED) is 0.657. The predicted molar refractivity (Wildman–Crippen MR) is 58.5 cm³/mol. The Kier molecular flexibility index (Phi) is 2.06. The lowest BCUT2D eigenvalue weighted by Crippen LogP contribution is -2.20. The molecular formula is C13H17N. The zero-order valence-electron chi connectivity index (χ0n) is 8.50. The smallest absolute Gasteiger partial charge is 0.00230 e. The Morgan fingerprint density at radius 3 is 3.14 bits per heavy atom. The first-order valence-corrected chi connectivity index (χ1v) is 5.73. The number of rotatable bonds is 0. The third-order valence-electron chi connectivity index (χ3n) is 3.80. The first-order chi connectivity index (χ1) is 6.95. The van der Waals surface area contributed by atoms with Crippen LogP contribution in [0, 0.1) is 5.92 Å². The maximum Gasteiger partial charge on any atom is 0.00230 e. The fourth-order valence-corrected chi connectivity index (χ4v) is 3.09. The third kappa shape index (κ3) is 1.27. The van der Waals surface area contributed by atoms with Crippen molar-refractivity contribution in [3.63, 3.8) is 0 Å². The molecule has 1 N–H and O–H groups in total. The van der Waals surface area contributed by atoms with Crippen molar-refractivity contribution in [1.82, 2.24) is 5.32 Å². The molecule has 0 amide bonds. The molecule has 2 unspecified atom stereocenters. The van der Waals surface area contributed by atoms with Crippen LogP contribution >= 0.6 is 0 Å². The summed E-state index contributed by atoms with van der Waals surface area (Å²) in [4.78, 5) is 0. The van der Waals surface area contributed by atoms with E-state index in [1.165, 1.54) is 32.4 Å². The van der Waals surface area contributed by atoms with Gasteiger partial charge in [0, 0.05) is 6.54 Å². The van der Waals surface area contributed by atoms with E-state index in [1.807, 2.05) is 0 Å². The summed E-state index contributed by atoms with van der Waals surface area (Å²) in [6.45, 7) is 2.41. The average Bonchev–Trinajstić information content (AvgIpc) is 2.42. The summed E-state index contributed by atoms with van der Waals surface area (Å²) in [5, 5.41) is 3.56. The van der Waals surface area contributed by atoms with E-state index in [2.05, 4.69) is 29.6 Å². The highest BCUT2D eigenvalue weighted by Gasteiger charge is 2.32. The van der Waals surface area contributed by atoms with E-state index in [-0.39, 0.29) is 0 Å². The van der Waals surface area contributed by atoms with Gasteiger partial charge in [0.05, 0.1) is 0 Å². The van der Waals surface area contributed by atoms with Crippen LogP contribution in [-0.2, 0) is 6.42 Å². The minimum absolute atomic E-state index is 0.800. The van der Waals surface area contributed by atoms with Gasteiger partial charge in [0.25, 0.3) is 0 Å². The summed E-state index contributed by atoms with van der Waals surface area (Å²) in [5.41, 5.74) is 3.22. The van der Waals surface area contributed by atoms with E-state index >= 15 is 0 Å². The van der Waals surface area contributed by atoms with Crippen molar-refractivity contribution < 1.29 is 0 Å². The minimum atomic E-state index is 0.800. The monoisotopic (exact) mass is 187 g/mol. The number of nitrogens with one attached hydrogen (secondary N) is 1. The van der Waals surface area contributed by atoms with Crippen molar-refractivity contribution in [3.05, 3.63) is 35.4 Å². The number of hydrogen-bond donors (Lipinski definition) is 1. The predicted octanol–water partition coefficient (Wildman–Crippen LogP) is 2.33. The molecule has 1 saturated heterocycles. The molecule has 0 radical (unpaired) electrons. The lowest BCUT2D eigenvalue weighted by Gasteiger charge is -2.16. The van der Waals surface area contributed by atoms with E-state index in [9.17, 15) is 0 Å². The van der Waals surface area contributed by atoms with Gasteiger partial charge in [-0.15, -0.1) is 0 Å². The van der Waals surface area contributed by atoms with Crippen molar-refractivity contribution in [2.75, 3.05) is 13.1 Å². The molecule has 0 bridgehead atoms. The summed E-state index contributed by atoms with van der Waals surface area (Å²) in [6, 6.07) is 9.00. The normalized spacial score (nSPS) is 30.6. The van der Waals surface area contributed by atoms with Gasteiger partial charge >= 0.3 is 0 Å². The fourth-order valence-electron chi connectivity index (χ4n) is 3.09. The van der Waals surface area contributed by atoms with E-state index in [0.29, 0.717) is 0 Å². The molecule has 1 aliphatic carbocycles. The molecule has 1 aromatic rings. The first kappa shape index (κ1) is 8.49. The van der Waals surface area contributed by atoms with Crippen LogP contribution in [0.25, 0.3) is 0 Å². The lowest BCUT2D eigenvalue weighted by atomic mass is 9.90. The van der Waals surface area contributed by atoms with Crippen molar-refractivity contribution in [1.29, 1.82) is 0 Å². The molecule has 0 aromatic heterocycles.